The minimum Gasteiger partial charge on any atom is -0.457 e. The van der Waals surface area contributed by atoms with Crippen LogP contribution in [0, 0.1) is 0 Å². The molecule has 0 amide bonds. The molecular weight excluding hydrogens is 224 g/mol. The van der Waals surface area contributed by atoms with E-state index in [1.807, 2.05) is 48.5 Å². The topological polar surface area (TPSA) is 9.23 Å². The minimum absolute atomic E-state index is 0.768. The fourth-order valence-corrected chi connectivity index (χ4v) is 1.53. The van der Waals surface area contributed by atoms with Crippen molar-refractivity contribution in [2.75, 3.05) is 0 Å². The third-order valence-corrected chi connectivity index (χ3v) is 2.86. The fourth-order valence-electron chi connectivity index (χ4n) is 1.19. The van der Waals surface area contributed by atoms with Crippen LogP contribution in [0.1, 0.15) is 0 Å². The molecule has 0 atom stereocenters. The normalized spacial score (nSPS) is 10.0. The summed E-state index contributed by atoms with van der Waals surface area (Å²) in [5.41, 5.74) is 0. The SMILES string of the molecule is Sc1ccc(Oc2ccccc2)cc1S. The molecule has 0 radical (unpaired) electrons. The van der Waals surface area contributed by atoms with Gasteiger partial charge in [0, 0.05) is 9.79 Å². The van der Waals surface area contributed by atoms with Crippen LogP contribution in [0.4, 0.5) is 0 Å². The molecule has 0 aromatic heterocycles. The molecule has 15 heavy (non-hydrogen) atoms. The third-order valence-electron chi connectivity index (χ3n) is 1.93. The number of ether oxygens (including phenoxy) is 1. The van der Waals surface area contributed by atoms with Crippen molar-refractivity contribution in [3.63, 3.8) is 0 Å². The maximum absolute atomic E-state index is 5.63. The van der Waals surface area contributed by atoms with Crippen molar-refractivity contribution in [3.8, 4) is 11.5 Å². The van der Waals surface area contributed by atoms with Crippen LogP contribution in [0.5, 0.6) is 11.5 Å². The van der Waals surface area contributed by atoms with Crippen molar-refractivity contribution < 1.29 is 4.74 Å². The highest BCUT2D eigenvalue weighted by atomic mass is 32.1. The lowest BCUT2D eigenvalue weighted by Gasteiger charge is -2.06. The van der Waals surface area contributed by atoms with E-state index in [9.17, 15) is 0 Å². The standard InChI is InChI=1S/C12H10OS2/c14-11-7-6-10(8-12(11)15)13-9-4-2-1-3-5-9/h1-8,14-15H. The Hall–Kier alpha value is -1.06. The van der Waals surface area contributed by atoms with Gasteiger partial charge in [0.1, 0.15) is 11.5 Å². The summed E-state index contributed by atoms with van der Waals surface area (Å²) in [6.45, 7) is 0. The molecule has 0 bridgehead atoms. The van der Waals surface area contributed by atoms with Gasteiger partial charge in [-0.25, -0.2) is 0 Å². The molecule has 2 aromatic rings. The van der Waals surface area contributed by atoms with Crippen LogP contribution >= 0.6 is 25.3 Å². The molecule has 0 saturated heterocycles. The van der Waals surface area contributed by atoms with Crippen LogP contribution in [0.3, 0.4) is 0 Å². The average Bonchev–Trinajstić information content (AvgIpc) is 2.25. The summed E-state index contributed by atoms with van der Waals surface area (Å²) < 4.78 is 5.63. The zero-order chi connectivity index (χ0) is 10.7. The van der Waals surface area contributed by atoms with Crippen LogP contribution < -0.4 is 4.74 Å². The lowest BCUT2D eigenvalue weighted by atomic mass is 10.3. The van der Waals surface area contributed by atoms with Crippen LogP contribution in [0.15, 0.2) is 58.3 Å². The van der Waals surface area contributed by atoms with Crippen molar-refractivity contribution in [2.45, 2.75) is 9.79 Å². The van der Waals surface area contributed by atoms with Crippen molar-refractivity contribution in [3.05, 3.63) is 48.5 Å². The summed E-state index contributed by atoms with van der Waals surface area (Å²) in [6, 6.07) is 15.2. The van der Waals surface area contributed by atoms with Gasteiger partial charge in [0.2, 0.25) is 0 Å². The maximum Gasteiger partial charge on any atom is 0.128 e. The molecule has 0 unspecified atom stereocenters. The first-order chi connectivity index (χ1) is 7.25. The zero-order valence-corrected chi connectivity index (χ0v) is 9.71. The molecule has 2 aromatic carbocycles. The Morgan fingerprint density at radius 3 is 2.13 bits per heavy atom. The molecule has 0 saturated carbocycles. The molecule has 1 nitrogen and oxygen atoms in total. The highest BCUT2D eigenvalue weighted by Crippen LogP contribution is 2.27. The molecule has 0 fully saturated rings. The molecule has 76 valence electrons. The first kappa shape index (κ1) is 10.5. The van der Waals surface area contributed by atoms with Crippen molar-refractivity contribution in [1.29, 1.82) is 0 Å². The van der Waals surface area contributed by atoms with Crippen molar-refractivity contribution in [2.24, 2.45) is 0 Å². The highest BCUT2D eigenvalue weighted by Gasteiger charge is 1.99. The predicted octanol–water partition coefficient (Wildman–Crippen LogP) is 4.06. The van der Waals surface area contributed by atoms with E-state index < -0.39 is 0 Å². The second-order valence-electron chi connectivity index (χ2n) is 3.07. The Labute approximate surface area is 99.9 Å². The Morgan fingerprint density at radius 1 is 0.733 bits per heavy atom. The molecule has 2 rings (SSSR count). The smallest absolute Gasteiger partial charge is 0.128 e. The van der Waals surface area contributed by atoms with Gasteiger partial charge in [-0.05, 0) is 30.3 Å². The first-order valence-corrected chi connectivity index (χ1v) is 5.40. The lowest BCUT2D eigenvalue weighted by molar-refractivity contribution is 0.480. The van der Waals surface area contributed by atoms with E-state index in [1.54, 1.807) is 0 Å². The van der Waals surface area contributed by atoms with Gasteiger partial charge in [0.15, 0.2) is 0 Å². The second kappa shape index (κ2) is 4.64. The Bertz CT molecular complexity index is 454. The summed E-state index contributed by atoms with van der Waals surface area (Å²) in [4.78, 5) is 1.66. The van der Waals surface area contributed by atoms with Crippen LogP contribution in [0.2, 0.25) is 0 Å². The quantitative estimate of drug-likeness (QED) is 0.745. The number of hydrogen-bond donors (Lipinski definition) is 2. The zero-order valence-electron chi connectivity index (χ0n) is 7.92. The number of thiol groups is 2. The monoisotopic (exact) mass is 234 g/mol. The fraction of sp³-hybridized carbons (Fsp3) is 0. The second-order valence-corrected chi connectivity index (χ2v) is 4.03. The highest BCUT2D eigenvalue weighted by molar-refractivity contribution is 7.83. The molecular formula is C12H10OS2. The Morgan fingerprint density at radius 2 is 1.47 bits per heavy atom. The van der Waals surface area contributed by atoms with E-state index in [0.29, 0.717) is 0 Å². The molecule has 3 heteroatoms. The number of para-hydroxylation sites is 1. The van der Waals surface area contributed by atoms with Gasteiger partial charge in [-0.2, -0.15) is 0 Å². The van der Waals surface area contributed by atoms with Gasteiger partial charge in [-0.1, -0.05) is 18.2 Å². The van der Waals surface area contributed by atoms with Crippen molar-refractivity contribution in [1.82, 2.24) is 0 Å². The molecule has 0 N–H and O–H groups in total. The Balaban J connectivity index is 2.22. The van der Waals surface area contributed by atoms with Crippen LogP contribution in [0.25, 0.3) is 0 Å². The number of benzene rings is 2. The van der Waals surface area contributed by atoms with Crippen LogP contribution in [-0.2, 0) is 0 Å². The molecule has 0 spiro atoms. The van der Waals surface area contributed by atoms with Gasteiger partial charge >= 0.3 is 0 Å². The molecule has 0 heterocycles. The number of hydrogen-bond acceptors (Lipinski definition) is 3. The third kappa shape index (κ3) is 2.70. The summed E-state index contributed by atoms with van der Waals surface area (Å²) in [5, 5.41) is 0. The van der Waals surface area contributed by atoms with E-state index in [1.165, 1.54) is 0 Å². The average molecular weight is 234 g/mol. The largest absolute Gasteiger partial charge is 0.457 e. The van der Waals surface area contributed by atoms with E-state index in [4.69, 9.17) is 4.74 Å². The Kier molecular flexibility index (Phi) is 3.23. The van der Waals surface area contributed by atoms with E-state index in [0.717, 1.165) is 21.3 Å². The van der Waals surface area contributed by atoms with Gasteiger partial charge in [-0.15, -0.1) is 25.3 Å². The van der Waals surface area contributed by atoms with Crippen LogP contribution in [-0.4, -0.2) is 0 Å². The maximum atomic E-state index is 5.63. The summed E-state index contributed by atoms with van der Waals surface area (Å²) >= 11 is 8.52. The van der Waals surface area contributed by atoms with E-state index in [-0.39, 0.29) is 0 Å². The van der Waals surface area contributed by atoms with Crippen molar-refractivity contribution >= 4 is 25.3 Å². The molecule has 0 aliphatic carbocycles. The minimum atomic E-state index is 0.768. The number of rotatable bonds is 2. The van der Waals surface area contributed by atoms with Gasteiger partial charge < -0.3 is 4.74 Å². The van der Waals surface area contributed by atoms with Gasteiger partial charge in [0.25, 0.3) is 0 Å². The summed E-state index contributed by atoms with van der Waals surface area (Å²) in [7, 11) is 0. The van der Waals surface area contributed by atoms with Gasteiger partial charge in [0.05, 0.1) is 0 Å². The van der Waals surface area contributed by atoms with Gasteiger partial charge in [-0.3, -0.25) is 0 Å². The predicted molar refractivity (Wildman–Crippen MR) is 67.5 cm³/mol. The molecule has 0 aliphatic heterocycles. The van der Waals surface area contributed by atoms with E-state index in [2.05, 4.69) is 25.3 Å². The first-order valence-electron chi connectivity index (χ1n) is 4.50. The van der Waals surface area contributed by atoms with E-state index >= 15 is 0 Å². The summed E-state index contributed by atoms with van der Waals surface area (Å²) in [5.74, 6) is 1.58. The lowest BCUT2D eigenvalue weighted by Crippen LogP contribution is -1.83. The summed E-state index contributed by atoms with van der Waals surface area (Å²) in [6.07, 6.45) is 0. The molecule has 0 aliphatic rings.